The van der Waals surface area contributed by atoms with E-state index in [1.54, 1.807) is 0 Å². The number of ether oxygens (including phenoxy) is 2. The van der Waals surface area contributed by atoms with Gasteiger partial charge in [-0.05, 0) is 86.3 Å². The average Bonchev–Trinajstić information content (AvgIpc) is 3.16. The lowest BCUT2D eigenvalue weighted by Gasteiger charge is -2.32. The minimum Gasteiger partial charge on any atom is -0.507 e. The van der Waals surface area contributed by atoms with Crippen LogP contribution in [0.3, 0.4) is 0 Å². The first kappa shape index (κ1) is 28.0. The van der Waals surface area contributed by atoms with Crippen LogP contribution in [0, 0.1) is 0 Å². The summed E-state index contributed by atoms with van der Waals surface area (Å²) in [6.07, 6.45) is 10.5. The first-order chi connectivity index (χ1) is 19.7. The van der Waals surface area contributed by atoms with Crippen LogP contribution in [0.1, 0.15) is 89.5 Å². The van der Waals surface area contributed by atoms with Crippen LogP contribution in [-0.2, 0) is 12.8 Å². The van der Waals surface area contributed by atoms with Crippen molar-refractivity contribution in [3.05, 3.63) is 67.9 Å². The number of hydrogen-bond acceptors (Lipinski definition) is 7. The standard InChI is InChI=1S/C35H38O7/c1-17(2)9-8-10-18(3)11-12-20-30-19(13-14-34(4,5)41-30)28(38)27-29(39)21-15-22-25-26(32(21)40-31(20)27)23(36)16-24(37)33(25)42-35(22,6)7/h9,11,13-14,16,22,36-38H,8,10,12,15H2,1-7H3/b18-11-. The molecule has 42 heavy (non-hydrogen) atoms. The van der Waals surface area contributed by atoms with Crippen molar-refractivity contribution >= 4 is 17.0 Å². The third-order valence-electron chi connectivity index (χ3n) is 8.72. The summed E-state index contributed by atoms with van der Waals surface area (Å²) in [5.74, 6) is 0.168. The molecule has 1 aromatic heterocycles. The van der Waals surface area contributed by atoms with E-state index in [4.69, 9.17) is 13.9 Å². The third kappa shape index (κ3) is 4.29. The van der Waals surface area contributed by atoms with Crippen LogP contribution in [0.4, 0.5) is 0 Å². The Kier molecular flexibility index (Phi) is 6.30. The van der Waals surface area contributed by atoms with Crippen LogP contribution < -0.4 is 14.9 Å². The van der Waals surface area contributed by atoms with Crippen LogP contribution in [0.5, 0.6) is 28.7 Å². The average molecular weight is 571 g/mol. The summed E-state index contributed by atoms with van der Waals surface area (Å²) >= 11 is 0. The fourth-order valence-electron chi connectivity index (χ4n) is 6.47. The summed E-state index contributed by atoms with van der Waals surface area (Å²) in [7, 11) is 0. The molecule has 7 heteroatoms. The molecular formula is C35H38O7. The normalized spacial score (nSPS) is 19.0. The fraction of sp³-hybridized carbons (Fsp3) is 0.400. The summed E-state index contributed by atoms with van der Waals surface area (Å²) < 4.78 is 19.1. The molecule has 0 spiro atoms. The summed E-state index contributed by atoms with van der Waals surface area (Å²) in [4.78, 5) is 14.3. The molecule has 6 rings (SSSR count). The van der Waals surface area contributed by atoms with Gasteiger partial charge < -0.3 is 29.2 Å². The second-order valence-electron chi connectivity index (χ2n) is 13.1. The maximum Gasteiger partial charge on any atom is 0.200 e. The topological polar surface area (TPSA) is 109 Å². The molecule has 0 amide bonds. The number of fused-ring (bicyclic) bond motifs is 4. The number of phenolic OH excluding ortho intramolecular Hbond substituents is 3. The number of rotatable bonds is 5. The Hall–Kier alpha value is -4.13. The molecule has 1 aliphatic carbocycles. The van der Waals surface area contributed by atoms with E-state index >= 15 is 0 Å². The quantitative estimate of drug-likeness (QED) is 0.268. The summed E-state index contributed by atoms with van der Waals surface area (Å²) in [6.45, 7) is 13.9. The Labute approximate surface area is 245 Å². The van der Waals surface area contributed by atoms with Crippen LogP contribution in [-0.4, -0.2) is 26.5 Å². The summed E-state index contributed by atoms with van der Waals surface area (Å²) in [5.41, 5.74) is 3.42. The predicted molar refractivity (Wildman–Crippen MR) is 164 cm³/mol. The van der Waals surface area contributed by atoms with Crippen molar-refractivity contribution in [3.63, 3.8) is 0 Å². The Bertz CT molecular complexity index is 1810. The zero-order chi connectivity index (χ0) is 30.3. The van der Waals surface area contributed by atoms with Gasteiger partial charge in [-0.15, -0.1) is 0 Å². The lowest BCUT2D eigenvalue weighted by molar-refractivity contribution is 0.106. The van der Waals surface area contributed by atoms with Gasteiger partial charge in [0.2, 0.25) is 0 Å². The number of aromatic hydroxyl groups is 3. The molecule has 2 aliphatic heterocycles. The number of phenols is 3. The van der Waals surface area contributed by atoms with Gasteiger partial charge in [-0.1, -0.05) is 23.3 Å². The highest BCUT2D eigenvalue weighted by Crippen LogP contribution is 2.60. The largest absolute Gasteiger partial charge is 0.507 e. The molecule has 0 radical (unpaired) electrons. The minimum atomic E-state index is -0.736. The highest BCUT2D eigenvalue weighted by molar-refractivity contribution is 5.96. The van der Waals surface area contributed by atoms with Crippen molar-refractivity contribution in [2.45, 2.75) is 91.3 Å². The van der Waals surface area contributed by atoms with E-state index in [-0.39, 0.29) is 51.7 Å². The van der Waals surface area contributed by atoms with Crippen molar-refractivity contribution in [1.29, 1.82) is 0 Å². The van der Waals surface area contributed by atoms with E-state index in [1.807, 2.05) is 39.8 Å². The minimum absolute atomic E-state index is 0.102. The SMILES string of the molecule is CC(C)=CCC/C(C)=C\Cc1c2c(c(O)c3c(=O)c4c(oc13)-c1c(O)cc(O)c3c1C(C4)C(C)(C)O3)C=CC(C)(C)O2. The van der Waals surface area contributed by atoms with Crippen LogP contribution in [0.2, 0.25) is 0 Å². The molecule has 220 valence electrons. The summed E-state index contributed by atoms with van der Waals surface area (Å²) in [5, 5.41) is 33.3. The molecule has 3 aromatic rings. The van der Waals surface area contributed by atoms with E-state index in [9.17, 15) is 20.1 Å². The molecule has 1 unspecified atom stereocenters. The van der Waals surface area contributed by atoms with Crippen LogP contribution in [0.25, 0.3) is 28.4 Å². The monoisotopic (exact) mass is 570 g/mol. The zero-order valence-corrected chi connectivity index (χ0v) is 25.3. The third-order valence-corrected chi connectivity index (χ3v) is 8.72. The Morgan fingerprint density at radius 3 is 2.48 bits per heavy atom. The maximum absolute atomic E-state index is 14.3. The highest BCUT2D eigenvalue weighted by Gasteiger charge is 2.49. The number of hydrogen-bond donors (Lipinski definition) is 3. The Morgan fingerprint density at radius 1 is 1.02 bits per heavy atom. The Morgan fingerprint density at radius 2 is 1.76 bits per heavy atom. The number of allylic oxidation sites excluding steroid dienone is 4. The van der Waals surface area contributed by atoms with Crippen molar-refractivity contribution < 1.29 is 29.2 Å². The van der Waals surface area contributed by atoms with Gasteiger partial charge in [0.15, 0.2) is 16.9 Å². The van der Waals surface area contributed by atoms with Crippen molar-refractivity contribution in [3.8, 4) is 40.1 Å². The van der Waals surface area contributed by atoms with Crippen LogP contribution >= 0.6 is 0 Å². The van der Waals surface area contributed by atoms with Crippen LogP contribution in [0.15, 0.2) is 44.7 Å². The lowest BCUT2D eigenvalue weighted by atomic mass is 9.74. The predicted octanol–water partition coefficient (Wildman–Crippen LogP) is 7.81. The molecule has 7 nitrogen and oxygen atoms in total. The van der Waals surface area contributed by atoms with E-state index < -0.39 is 11.2 Å². The fourth-order valence-corrected chi connectivity index (χ4v) is 6.47. The van der Waals surface area contributed by atoms with Crippen molar-refractivity contribution in [2.75, 3.05) is 0 Å². The molecule has 0 fully saturated rings. The van der Waals surface area contributed by atoms with Crippen molar-refractivity contribution in [1.82, 2.24) is 0 Å². The first-order valence-corrected chi connectivity index (χ1v) is 14.5. The second kappa shape index (κ2) is 9.45. The van der Waals surface area contributed by atoms with Gasteiger partial charge in [0.25, 0.3) is 0 Å². The van der Waals surface area contributed by atoms with E-state index in [0.29, 0.717) is 45.7 Å². The van der Waals surface area contributed by atoms with Gasteiger partial charge in [0.05, 0.1) is 11.1 Å². The zero-order valence-electron chi connectivity index (χ0n) is 25.3. The van der Waals surface area contributed by atoms with Gasteiger partial charge >= 0.3 is 0 Å². The first-order valence-electron chi connectivity index (χ1n) is 14.5. The molecule has 2 aromatic carbocycles. The van der Waals surface area contributed by atoms with Gasteiger partial charge in [-0.3, -0.25) is 4.79 Å². The van der Waals surface area contributed by atoms with E-state index in [2.05, 4.69) is 32.9 Å². The Balaban J connectivity index is 1.62. The molecule has 3 heterocycles. The molecule has 3 N–H and O–H groups in total. The highest BCUT2D eigenvalue weighted by atomic mass is 16.5. The maximum atomic E-state index is 14.3. The van der Waals surface area contributed by atoms with E-state index in [1.165, 1.54) is 17.2 Å². The molecule has 0 saturated carbocycles. The van der Waals surface area contributed by atoms with Crippen molar-refractivity contribution in [2.24, 2.45) is 0 Å². The molecule has 1 atom stereocenters. The molecular weight excluding hydrogens is 532 g/mol. The lowest BCUT2D eigenvalue weighted by Crippen LogP contribution is -2.34. The van der Waals surface area contributed by atoms with Gasteiger partial charge in [-0.2, -0.15) is 0 Å². The summed E-state index contributed by atoms with van der Waals surface area (Å²) in [6, 6.07) is 1.23. The van der Waals surface area contributed by atoms with Gasteiger partial charge in [0, 0.05) is 28.7 Å². The van der Waals surface area contributed by atoms with E-state index in [0.717, 1.165) is 12.8 Å². The molecule has 3 aliphatic rings. The van der Waals surface area contributed by atoms with Gasteiger partial charge in [-0.25, -0.2) is 0 Å². The smallest absolute Gasteiger partial charge is 0.200 e. The van der Waals surface area contributed by atoms with Gasteiger partial charge in [0.1, 0.15) is 45.2 Å². The second-order valence-corrected chi connectivity index (χ2v) is 13.1. The molecule has 0 bridgehead atoms. The molecule has 0 saturated heterocycles. The number of benzene rings is 2.